The number of hydrogen-bond acceptors (Lipinski definition) is 4. The zero-order valence-electron chi connectivity index (χ0n) is 11.5. The SMILES string of the molecule is Nc1ccc(N2C(=O)C3CCCC3C2=O)c2cccnc12. The lowest BCUT2D eigenvalue weighted by atomic mass is 10.00. The number of imide groups is 1. The number of nitrogens with two attached hydrogens (primary N) is 1. The van der Waals surface area contributed by atoms with Crippen molar-refractivity contribution in [3.05, 3.63) is 30.5 Å². The zero-order chi connectivity index (χ0) is 14.6. The molecule has 1 aromatic carbocycles. The molecule has 2 unspecified atom stereocenters. The van der Waals surface area contributed by atoms with Crippen LogP contribution in [0.5, 0.6) is 0 Å². The van der Waals surface area contributed by atoms with E-state index in [2.05, 4.69) is 4.98 Å². The molecule has 2 aliphatic rings. The van der Waals surface area contributed by atoms with Gasteiger partial charge >= 0.3 is 0 Å². The van der Waals surface area contributed by atoms with Crippen LogP contribution in [0.2, 0.25) is 0 Å². The molecule has 0 radical (unpaired) electrons. The number of anilines is 2. The number of hydrogen-bond donors (Lipinski definition) is 1. The summed E-state index contributed by atoms with van der Waals surface area (Å²) in [5.41, 5.74) is 7.72. The van der Waals surface area contributed by atoms with Gasteiger partial charge in [-0.25, -0.2) is 4.90 Å². The summed E-state index contributed by atoms with van der Waals surface area (Å²) in [7, 11) is 0. The van der Waals surface area contributed by atoms with Gasteiger partial charge in [0, 0.05) is 11.6 Å². The van der Waals surface area contributed by atoms with E-state index in [0.717, 1.165) is 24.6 Å². The van der Waals surface area contributed by atoms with Gasteiger partial charge in [0.05, 0.1) is 28.7 Å². The fourth-order valence-corrected chi connectivity index (χ4v) is 3.60. The van der Waals surface area contributed by atoms with Crippen molar-refractivity contribution in [1.82, 2.24) is 4.98 Å². The number of amides is 2. The van der Waals surface area contributed by atoms with Gasteiger partial charge in [-0.05, 0) is 37.1 Å². The van der Waals surface area contributed by atoms with Crippen molar-refractivity contribution in [2.75, 3.05) is 10.6 Å². The Bertz CT molecular complexity index is 749. The molecular weight excluding hydrogens is 266 g/mol. The minimum atomic E-state index is -0.137. The monoisotopic (exact) mass is 281 g/mol. The normalized spacial score (nSPS) is 24.9. The fraction of sp³-hybridized carbons (Fsp3) is 0.312. The molecule has 106 valence electrons. The maximum absolute atomic E-state index is 12.6. The third-order valence-electron chi connectivity index (χ3n) is 4.61. The van der Waals surface area contributed by atoms with Crippen molar-refractivity contribution in [2.45, 2.75) is 19.3 Å². The molecule has 1 saturated heterocycles. The van der Waals surface area contributed by atoms with Crippen LogP contribution < -0.4 is 10.6 Å². The zero-order valence-corrected chi connectivity index (χ0v) is 11.5. The van der Waals surface area contributed by atoms with Gasteiger partial charge in [-0.3, -0.25) is 14.6 Å². The molecule has 2 aromatic rings. The highest BCUT2D eigenvalue weighted by Crippen LogP contribution is 2.43. The third-order valence-corrected chi connectivity index (χ3v) is 4.61. The van der Waals surface area contributed by atoms with E-state index in [0.29, 0.717) is 16.9 Å². The van der Waals surface area contributed by atoms with Gasteiger partial charge in [0.25, 0.3) is 0 Å². The number of benzene rings is 1. The van der Waals surface area contributed by atoms with E-state index in [4.69, 9.17) is 5.73 Å². The molecule has 5 heteroatoms. The Balaban J connectivity index is 1.90. The summed E-state index contributed by atoms with van der Waals surface area (Å²) in [5, 5.41) is 0.749. The molecule has 0 bridgehead atoms. The molecule has 21 heavy (non-hydrogen) atoms. The second-order valence-corrected chi connectivity index (χ2v) is 5.73. The van der Waals surface area contributed by atoms with E-state index in [1.807, 2.05) is 6.07 Å². The quantitative estimate of drug-likeness (QED) is 0.641. The van der Waals surface area contributed by atoms with Crippen LogP contribution in [-0.4, -0.2) is 16.8 Å². The number of rotatable bonds is 1. The molecule has 1 aromatic heterocycles. The van der Waals surface area contributed by atoms with Crippen LogP contribution in [0.3, 0.4) is 0 Å². The molecule has 1 aliphatic heterocycles. The third kappa shape index (κ3) is 1.60. The van der Waals surface area contributed by atoms with Crippen molar-refractivity contribution >= 4 is 34.1 Å². The Hall–Kier alpha value is -2.43. The second kappa shape index (κ2) is 4.28. The van der Waals surface area contributed by atoms with Crippen LogP contribution >= 0.6 is 0 Å². The van der Waals surface area contributed by atoms with Gasteiger partial charge in [0.15, 0.2) is 0 Å². The minimum absolute atomic E-state index is 0.0718. The Morgan fingerprint density at radius 1 is 1.10 bits per heavy atom. The predicted molar refractivity (Wildman–Crippen MR) is 79.5 cm³/mol. The number of nitrogen functional groups attached to an aromatic ring is 1. The molecule has 2 heterocycles. The summed E-state index contributed by atoms with van der Waals surface area (Å²) < 4.78 is 0. The maximum Gasteiger partial charge on any atom is 0.237 e. The first-order valence-electron chi connectivity index (χ1n) is 7.19. The van der Waals surface area contributed by atoms with E-state index in [-0.39, 0.29) is 23.7 Å². The van der Waals surface area contributed by atoms with Crippen LogP contribution in [0.1, 0.15) is 19.3 Å². The summed E-state index contributed by atoms with van der Waals surface area (Å²) in [5.74, 6) is -0.418. The summed E-state index contributed by atoms with van der Waals surface area (Å²) in [6, 6.07) is 7.09. The van der Waals surface area contributed by atoms with Crippen LogP contribution in [0.15, 0.2) is 30.5 Å². The summed E-state index contributed by atoms with van der Waals surface area (Å²) in [6.45, 7) is 0. The minimum Gasteiger partial charge on any atom is -0.397 e. The van der Waals surface area contributed by atoms with Gasteiger partial charge in [0.1, 0.15) is 0 Å². The maximum atomic E-state index is 12.6. The van der Waals surface area contributed by atoms with Crippen molar-refractivity contribution in [2.24, 2.45) is 11.8 Å². The average molecular weight is 281 g/mol. The molecule has 2 fully saturated rings. The summed E-state index contributed by atoms with van der Waals surface area (Å²) in [4.78, 5) is 30.8. The first-order valence-corrected chi connectivity index (χ1v) is 7.19. The van der Waals surface area contributed by atoms with Crippen LogP contribution in [0.25, 0.3) is 10.9 Å². The molecule has 2 atom stereocenters. The lowest BCUT2D eigenvalue weighted by molar-refractivity contribution is -0.122. The van der Waals surface area contributed by atoms with E-state index < -0.39 is 0 Å². The predicted octanol–water partition coefficient (Wildman–Crippen LogP) is 2.11. The number of fused-ring (bicyclic) bond motifs is 2. The second-order valence-electron chi connectivity index (χ2n) is 5.73. The van der Waals surface area contributed by atoms with E-state index in [1.165, 1.54) is 4.90 Å². The van der Waals surface area contributed by atoms with Gasteiger partial charge in [-0.15, -0.1) is 0 Å². The first-order chi connectivity index (χ1) is 10.2. The average Bonchev–Trinajstić information content (AvgIpc) is 3.06. The van der Waals surface area contributed by atoms with Crippen LogP contribution in [0, 0.1) is 11.8 Å². The molecule has 1 aliphatic carbocycles. The Morgan fingerprint density at radius 2 is 1.81 bits per heavy atom. The molecule has 4 rings (SSSR count). The summed E-state index contributed by atoms with van der Waals surface area (Å²) in [6.07, 6.45) is 4.25. The van der Waals surface area contributed by atoms with Crippen molar-refractivity contribution in [3.8, 4) is 0 Å². The smallest absolute Gasteiger partial charge is 0.237 e. The van der Waals surface area contributed by atoms with E-state index in [9.17, 15) is 9.59 Å². The van der Waals surface area contributed by atoms with E-state index in [1.54, 1.807) is 24.4 Å². The van der Waals surface area contributed by atoms with Gasteiger partial charge in [-0.1, -0.05) is 6.42 Å². The first kappa shape index (κ1) is 12.3. The highest BCUT2D eigenvalue weighted by molar-refractivity contribution is 6.25. The lowest BCUT2D eigenvalue weighted by Crippen LogP contribution is -2.31. The van der Waals surface area contributed by atoms with Gasteiger partial charge in [-0.2, -0.15) is 0 Å². The number of aromatic nitrogens is 1. The molecule has 1 saturated carbocycles. The Kier molecular flexibility index (Phi) is 2.51. The molecule has 0 spiro atoms. The fourth-order valence-electron chi connectivity index (χ4n) is 3.60. The molecule has 2 N–H and O–H groups in total. The number of nitrogens with zero attached hydrogens (tertiary/aromatic N) is 2. The van der Waals surface area contributed by atoms with Crippen molar-refractivity contribution in [1.29, 1.82) is 0 Å². The highest BCUT2D eigenvalue weighted by Gasteiger charge is 2.50. The van der Waals surface area contributed by atoms with Crippen molar-refractivity contribution in [3.63, 3.8) is 0 Å². The van der Waals surface area contributed by atoms with E-state index >= 15 is 0 Å². The van der Waals surface area contributed by atoms with Gasteiger partial charge in [0.2, 0.25) is 11.8 Å². The largest absolute Gasteiger partial charge is 0.397 e. The van der Waals surface area contributed by atoms with Crippen LogP contribution in [0.4, 0.5) is 11.4 Å². The number of carbonyl (C=O) groups excluding carboxylic acids is 2. The van der Waals surface area contributed by atoms with Gasteiger partial charge < -0.3 is 5.73 Å². The standard InChI is InChI=1S/C16H15N3O2/c17-12-6-7-13(11-5-2-8-18-14(11)12)19-15(20)9-3-1-4-10(9)16(19)21/h2,5-10H,1,3-4,17H2. The molecule has 5 nitrogen and oxygen atoms in total. The highest BCUT2D eigenvalue weighted by atomic mass is 16.2. The van der Waals surface area contributed by atoms with Crippen LogP contribution in [-0.2, 0) is 9.59 Å². The number of carbonyl (C=O) groups is 2. The Labute approximate surface area is 121 Å². The molecule has 2 amide bonds. The summed E-state index contributed by atoms with van der Waals surface area (Å²) >= 11 is 0. The Morgan fingerprint density at radius 3 is 2.52 bits per heavy atom. The van der Waals surface area contributed by atoms with Crippen molar-refractivity contribution < 1.29 is 9.59 Å². The molecular formula is C16H15N3O2. The topological polar surface area (TPSA) is 76.3 Å². The number of pyridine rings is 1. The lowest BCUT2D eigenvalue weighted by Gasteiger charge is -2.18.